The minimum Gasteiger partial charge on any atom is -0.318 e. The normalized spacial score (nSPS) is 10.7. The molecule has 2 amide bonds. The number of aromatic nitrogens is 1. The van der Waals surface area contributed by atoms with E-state index in [0.29, 0.717) is 11.1 Å². The lowest BCUT2D eigenvalue weighted by Crippen LogP contribution is -2.41. The van der Waals surface area contributed by atoms with Gasteiger partial charge in [-0.05, 0) is 48.9 Å². The molecule has 4 rings (SSSR count). The van der Waals surface area contributed by atoms with Crippen molar-refractivity contribution in [2.24, 2.45) is 0 Å². The van der Waals surface area contributed by atoms with E-state index in [9.17, 15) is 9.59 Å². The number of carbonyl (C=O) groups is 2. The van der Waals surface area contributed by atoms with Crippen LogP contribution in [-0.2, 0) is 0 Å². The van der Waals surface area contributed by atoms with E-state index in [2.05, 4.69) is 10.9 Å². The number of hydrogen-bond donors (Lipinski definition) is 2. The quantitative estimate of drug-likeness (QED) is 0.518. The van der Waals surface area contributed by atoms with Crippen LogP contribution in [0.3, 0.4) is 0 Å². The van der Waals surface area contributed by atoms with Gasteiger partial charge >= 0.3 is 0 Å². The summed E-state index contributed by atoms with van der Waals surface area (Å²) in [5, 5.41) is 1.81. The smallest absolute Gasteiger partial charge is 0.271 e. The van der Waals surface area contributed by atoms with Gasteiger partial charge in [0, 0.05) is 22.6 Å². The first-order valence-corrected chi connectivity index (χ1v) is 9.39. The third-order valence-electron chi connectivity index (χ3n) is 5.01. The largest absolute Gasteiger partial charge is 0.318 e. The molecule has 4 aromatic rings. The predicted octanol–water partition coefficient (Wildman–Crippen LogP) is 4.32. The summed E-state index contributed by atoms with van der Waals surface area (Å²) in [5.74, 6) is -0.708. The fourth-order valence-electron chi connectivity index (χ4n) is 3.64. The fraction of sp³-hybridized carbons (Fsp3) is 0.0833. The summed E-state index contributed by atoms with van der Waals surface area (Å²) in [6, 6.07) is 24.8. The molecular formula is C24H21N3O2. The second-order valence-electron chi connectivity index (χ2n) is 6.89. The highest BCUT2D eigenvalue weighted by Crippen LogP contribution is 2.21. The molecule has 0 bridgehead atoms. The van der Waals surface area contributed by atoms with Crippen molar-refractivity contribution in [1.82, 2.24) is 15.4 Å². The van der Waals surface area contributed by atoms with Crippen molar-refractivity contribution in [1.29, 1.82) is 0 Å². The van der Waals surface area contributed by atoms with Crippen LogP contribution in [0.1, 0.15) is 32.1 Å². The Labute approximate surface area is 168 Å². The zero-order chi connectivity index (χ0) is 20.4. The lowest BCUT2D eigenvalue weighted by atomic mass is 10.0. The molecule has 2 N–H and O–H groups in total. The Kier molecular flexibility index (Phi) is 4.87. The van der Waals surface area contributed by atoms with Crippen molar-refractivity contribution in [3.8, 4) is 5.69 Å². The van der Waals surface area contributed by atoms with Crippen LogP contribution in [0.5, 0.6) is 0 Å². The van der Waals surface area contributed by atoms with Crippen LogP contribution in [-0.4, -0.2) is 16.4 Å². The summed E-state index contributed by atoms with van der Waals surface area (Å²) in [4.78, 5) is 25.4. The van der Waals surface area contributed by atoms with Crippen molar-refractivity contribution >= 4 is 22.6 Å². The molecule has 5 nitrogen and oxygen atoms in total. The molecule has 0 aliphatic heterocycles. The topological polar surface area (TPSA) is 63.1 Å². The van der Waals surface area contributed by atoms with Gasteiger partial charge in [-0.1, -0.05) is 54.6 Å². The van der Waals surface area contributed by atoms with Crippen molar-refractivity contribution in [3.63, 3.8) is 0 Å². The molecule has 0 fully saturated rings. The summed E-state index contributed by atoms with van der Waals surface area (Å²) < 4.78 is 2.02. The van der Waals surface area contributed by atoms with Crippen LogP contribution in [0.2, 0.25) is 0 Å². The summed E-state index contributed by atoms with van der Waals surface area (Å²) in [7, 11) is 0. The summed E-state index contributed by atoms with van der Waals surface area (Å²) in [5.41, 5.74) is 8.85. The van der Waals surface area contributed by atoms with E-state index in [-0.39, 0.29) is 11.8 Å². The molecule has 5 heteroatoms. The second-order valence-corrected chi connectivity index (χ2v) is 6.89. The van der Waals surface area contributed by atoms with E-state index in [0.717, 1.165) is 27.8 Å². The van der Waals surface area contributed by atoms with Gasteiger partial charge in [0.1, 0.15) is 0 Å². The van der Waals surface area contributed by atoms with Gasteiger partial charge in [0.2, 0.25) is 0 Å². The van der Waals surface area contributed by atoms with Crippen LogP contribution in [0.15, 0.2) is 78.9 Å². The van der Waals surface area contributed by atoms with Crippen molar-refractivity contribution in [2.45, 2.75) is 13.8 Å². The minimum absolute atomic E-state index is 0.353. The first kappa shape index (κ1) is 18.5. The SMILES string of the molecule is Cc1cc(C(=O)NNC(=O)c2cccc3ccccc23)c(C)n1-c1ccccc1. The van der Waals surface area contributed by atoms with E-state index in [4.69, 9.17) is 0 Å². The number of amides is 2. The van der Waals surface area contributed by atoms with Gasteiger partial charge in [-0.3, -0.25) is 20.4 Å². The van der Waals surface area contributed by atoms with E-state index >= 15 is 0 Å². The van der Waals surface area contributed by atoms with E-state index in [1.807, 2.05) is 91.2 Å². The van der Waals surface area contributed by atoms with E-state index < -0.39 is 0 Å². The highest BCUT2D eigenvalue weighted by atomic mass is 16.2. The number of fused-ring (bicyclic) bond motifs is 1. The Hall–Kier alpha value is -3.86. The second kappa shape index (κ2) is 7.64. The van der Waals surface area contributed by atoms with Gasteiger partial charge in [-0.15, -0.1) is 0 Å². The van der Waals surface area contributed by atoms with Gasteiger partial charge in [-0.25, -0.2) is 0 Å². The van der Waals surface area contributed by atoms with Crippen molar-refractivity contribution < 1.29 is 9.59 Å². The Morgan fingerprint density at radius 2 is 1.34 bits per heavy atom. The number of aryl methyl sites for hydroxylation is 1. The highest BCUT2D eigenvalue weighted by Gasteiger charge is 2.18. The first-order chi connectivity index (χ1) is 14.1. The summed E-state index contributed by atoms with van der Waals surface area (Å²) >= 11 is 0. The molecule has 0 aliphatic carbocycles. The molecule has 3 aromatic carbocycles. The monoisotopic (exact) mass is 383 g/mol. The summed E-state index contributed by atoms with van der Waals surface area (Å²) in [6.45, 7) is 3.84. The van der Waals surface area contributed by atoms with Crippen LogP contribution in [0.25, 0.3) is 16.5 Å². The summed E-state index contributed by atoms with van der Waals surface area (Å²) in [6.07, 6.45) is 0. The number of para-hydroxylation sites is 1. The van der Waals surface area contributed by atoms with E-state index in [1.54, 1.807) is 6.07 Å². The molecule has 0 saturated heterocycles. The molecule has 29 heavy (non-hydrogen) atoms. The molecule has 1 aromatic heterocycles. The maximum absolute atomic E-state index is 12.7. The lowest BCUT2D eigenvalue weighted by molar-refractivity contribution is 0.0847. The van der Waals surface area contributed by atoms with Gasteiger partial charge < -0.3 is 4.57 Å². The molecule has 0 unspecified atom stereocenters. The Bertz CT molecular complexity index is 1200. The molecule has 0 radical (unpaired) electrons. The maximum Gasteiger partial charge on any atom is 0.271 e. The molecular weight excluding hydrogens is 362 g/mol. The van der Waals surface area contributed by atoms with Crippen molar-refractivity contribution in [3.05, 3.63) is 101 Å². The fourth-order valence-corrected chi connectivity index (χ4v) is 3.64. The van der Waals surface area contributed by atoms with Gasteiger partial charge in [0.15, 0.2) is 0 Å². The number of hydrogen-bond acceptors (Lipinski definition) is 2. The average molecular weight is 383 g/mol. The Morgan fingerprint density at radius 1 is 0.724 bits per heavy atom. The zero-order valence-corrected chi connectivity index (χ0v) is 16.3. The number of carbonyl (C=O) groups excluding carboxylic acids is 2. The van der Waals surface area contributed by atoms with Crippen LogP contribution < -0.4 is 10.9 Å². The van der Waals surface area contributed by atoms with Gasteiger partial charge in [0.25, 0.3) is 11.8 Å². The number of hydrazine groups is 1. The molecule has 1 heterocycles. The molecule has 144 valence electrons. The Morgan fingerprint density at radius 3 is 2.10 bits per heavy atom. The third kappa shape index (κ3) is 3.50. The van der Waals surface area contributed by atoms with Crippen LogP contribution in [0.4, 0.5) is 0 Å². The third-order valence-corrected chi connectivity index (χ3v) is 5.01. The lowest BCUT2D eigenvalue weighted by Gasteiger charge is -2.11. The van der Waals surface area contributed by atoms with E-state index in [1.165, 1.54) is 0 Å². The maximum atomic E-state index is 12.7. The van der Waals surface area contributed by atoms with Crippen LogP contribution >= 0.6 is 0 Å². The molecule has 0 spiro atoms. The molecule has 0 atom stereocenters. The zero-order valence-electron chi connectivity index (χ0n) is 16.3. The molecule has 0 saturated carbocycles. The number of rotatable bonds is 3. The number of benzene rings is 3. The average Bonchev–Trinajstić information content (AvgIpc) is 3.06. The number of nitrogens with one attached hydrogen (secondary N) is 2. The standard InChI is InChI=1S/C24H21N3O2/c1-16-15-22(17(2)27(16)19-11-4-3-5-12-19)24(29)26-25-23(28)21-14-8-10-18-9-6-7-13-20(18)21/h3-15H,1-2H3,(H,25,28)(H,26,29). The first-order valence-electron chi connectivity index (χ1n) is 9.39. The minimum atomic E-state index is -0.355. The Balaban J connectivity index is 1.54. The van der Waals surface area contributed by atoms with Crippen LogP contribution in [0, 0.1) is 13.8 Å². The number of nitrogens with zero attached hydrogens (tertiary/aromatic N) is 1. The molecule has 0 aliphatic rings. The highest BCUT2D eigenvalue weighted by molar-refractivity contribution is 6.08. The van der Waals surface area contributed by atoms with Gasteiger partial charge in [-0.2, -0.15) is 0 Å². The van der Waals surface area contributed by atoms with Crippen molar-refractivity contribution in [2.75, 3.05) is 0 Å². The van der Waals surface area contributed by atoms with Gasteiger partial charge in [0.05, 0.1) is 5.56 Å². The predicted molar refractivity (Wildman–Crippen MR) is 114 cm³/mol.